The van der Waals surface area contributed by atoms with Gasteiger partial charge in [-0.15, -0.1) is 11.3 Å². The maximum atomic E-state index is 14.7. The minimum Gasteiger partial charge on any atom is -0.319 e. The normalized spacial score (nSPS) is 11.1. The highest BCUT2D eigenvalue weighted by Crippen LogP contribution is 2.30. The van der Waals surface area contributed by atoms with E-state index in [1.807, 2.05) is 0 Å². The summed E-state index contributed by atoms with van der Waals surface area (Å²) in [5.41, 5.74) is 0.978. The van der Waals surface area contributed by atoms with Gasteiger partial charge in [-0.2, -0.15) is 0 Å². The van der Waals surface area contributed by atoms with E-state index in [4.69, 9.17) is 11.6 Å². The summed E-state index contributed by atoms with van der Waals surface area (Å²) in [5, 5.41) is 0.374. The minimum atomic E-state index is -1.22. The van der Waals surface area contributed by atoms with Crippen LogP contribution in [0.25, 0.3) is 10.9 Å². The molecule has 0 fully saturated rings. The van der Waals surface area contributed by atoms with E-state index >= 15 is 0 Å². The zero-order valence-corrected chi connectivity index (χ0v) is 17.5. The maximum absolute atomic E-state index is 14.7. The third-order valence-corrected chi connectivity index (χ3v) is 5.86. The lowest BCUT2D eigenvalue weighted by atomic mass is 10.1. The van der Waals surface area contributed by atoms with Gasteiger partial charge < -0.3 is 9.88 Å². The van der Waals surface area contributed by atoms with Gasteiger partial charge in [0.25, 0.3) is 5.91 Å². The summed E-state index contributed by atoms with van der Waals surface area (Å²) < 4.78 is 42.6. The highest BCUT2D eigenvalue weighted by atomic mass is 35.5. The Morgan fingerprint density at radius 3 is 2.61 bits per heavy atom. The molecule has 2 heterocycles. The molecule has 31 heavy (non-hydrogen) atoms. The summed E-state index contributed by atoms with van der Waals surface area (Å²) >= 11 is 7.10. The van der Waals surface area contributed by atoms with Crippen molar-refractivity contribution in [3.63, 3.8) is 0 Å². The zero-order valence-electron chi connectivity index (χ0n) is 15.9. The van der Waals surface area contributed by atoms with Crippen molar-refractivity contribution < 1.29 is 18.0 Å². The Bertz CT molecular complexity index is 1390. The van der Waals surface area contributed by atoms with Crippen LogP contribution < -0.4 is 10.5 Å². The Kier molecular flexibility index (Phi) is 5.55. The van der Waals surface area contributed by atoms with Crippen LogP contribution in [0, 0.1) is 24.4 Å². The van der Waals surface area contributed by atoms with Crippen molar-refractivity contribution >= 4 is 45.4 Å². The van der Waals surface area contributed by atoms with E-state index in [0.29, 0.717) is 5.69 Å². The highest BCUT2D eigenvalue weighted by molar-refractivity contribution is 7.12. The first kappa shape index (κ1) is 21.1. The van der Waals surface area contributed by atoms with Gasteiger partial charge in [-0.25, -0.2) is 18.2 Å². The van der Waals surface area contributed by atoms with Crippen LogP contribution in [-0.2, 0) is 6.54 Å². The molecule has 0 saturated heterocycles. The summed E-state index contributed by atoms with van der Waals surface area (Å²) in [5.74, 6) is -3.64. The summed E-state index contributed by atoms with van der Waals surface area (Å²) in [7, 11) is 0. The van der Waals surface area contributed by atoms with E-state index in [1.54, 1.807) is 6.92 Å². The number of H-pyrrole nitrogens is 1. The predicted molar refractivity (Wildman–Crippen MR) is 113 cm³/mol. The Hall–Kier alpha value is -3.17. The molecule has 1 N–H and O–H groups in total. The molecule has 2 aromatic heterocycles. The fourth-order valence-corrected chi connectivity index (χ4v) is 4.14. The first-order chi connectivity index (χ1) is 14.8. The predicted octanol–water partition coefficient (Wildman–Crippen LogP) is 5.21. The number of thiazole rings is 1. The van der Waals surface area contributed by atoms with Crippen molar-refractivity contribution in [2.45, 2.75) is 13.5 Å². The molecule has 0 radical (unpaired) electrons. The lowest BCUT2D eigenvalue weighted by Gasteiger charge is -2.24. The Morgan fingerprint density at radius 1 is 1.16 bits per heavy atom. The number of amides is 1. The van der Waals surface area contributed by atoms with E-state index in [1.165, 1.54) is 23.7 Å². The molecule has 2 aromatic carbocycles. The lowest BCUT2D eigenvalue weighted by molar-refractivity contribution is 0.0987. The fourth-order valence-electron chi connectivity index (χ4n) is 3.23. The topological polar surface area (TPSA) is 66.1 Å². The molecule has 0 aliphatic heterocycles. The maximum Gasteiger partial charge on any atom is 0.270 e. The van der Waals surface area contributed by atoms with Crippen LogP contribution >= 0.6 is 22.9 Å². The SMILES string of the molecule is Cc1ncsc1C(=O)N(Cc1cc(=O)[nH]c2c(F)c(F)ccc12)c1cc(Cl)ccc1F. The van der Waals surface area contributed by atoms with Crippen molar-refractivity contribution in [3.8, 4) is 0 Å². The van der Waals surface area contributed by atoms with Gasteiger partial charge in [-0.1, -0.05) is 11.6 Å². The van der Waals surface area contributed by atoms with E-state index < -0.39 is 28.9 Å². The minimum absolute atomic E-state index is 0.124. The van der Waals surface area contributed by atoms with E-state index in [-0.39, 0.29) is 38.6 Å². The molecule has 0 aliphatic carbocycles. The number of aromatic amines is 1. The van der Waals surface area contributed by atoms with Crippen LogP contribution in [0.4, 0.5) is 18.9 Å². The number of aryl methyl sites for hydroxylation is 1. The number of nitrogens with one attached hydrogen (secondary N) is 1. The number of pyridine rings is 1. The van der Waals surface area contributed by atoms with Crippen molar-refractivity contribution in [1.82, 2.24) is 9.97 Å². The molecule has 1 amide bonds. The molecule has 0 aliphatic rings. The van der Waals surface area contributed by atoms with Gasteiger partial charge in [-0.3, -0.25) is 9.59 Å². The van der Waals surface area contributed by atoms with Crippen LogP contribution in [0.1, 0.15) is 20.9 Å². The number of nitrogens with zero attached hydrogens (tertiary/aromatic N) is 2. The number of benzene rings is 2. The zero-order chi connectivity index (χ0) is 22.3. The lowest BCUT2D eigenvalue weighted by Crippen LogP contribution is -2.31. The van der Waals surface area contributed by atoms with Gasteiger partial charge in [0, 0.05) is 16.5 Å². The molecule has 4 aromatic rings. The summed E-state index contributed by atoms with van der Waals surface area (Å²) in [6, 6.07) is 7.08. The second-order valence-electron chi connectivity index (χ2n) is 6.70. The van der Waals surface area contributed by atoms with Crippen molar-refractivity contribution in [1.29, 1.82) is 0 Å². The van der Waals surface area contributed by atoms with Crippen LogP contribution in [0.2, 0.25) is 5.02 Å². The first-order valence-corrected chi connectivity index (χ1v) is 10.2. The molecule has 0 atom stereocenters. The Balaban J connectivity index is 1.91. The van der Waals surface area contributed by atoms with Gasteiger partial charge in [-0.05, 0) is 42.8 Å². The second kappa shape index (κ2) is 8.16. The summed E-state index contributed by atoms with van der Waals surface area (Å²) in [6.07, 6.45) is 0. The number of hydrogen-bond donors (Lipinski definition) is 1. The monoisotopic (exact) mass is 463 g/mol. The van der Waals surface area contributed by atoms with Gasteiger partial charge in [0.15, 0.2) is 11.6 Å². The van der Waals surface area contributed by atoms with Crippen LogP contribution in [0.5, 0.6) is 0 Å². The number of halogens is 4. The number of carbonyl (C=O) groups is 1. The molecule has 0 saturated carbocycles. The van der Waals surface area contributed by atoms with E-state index in [9.17, 15) is 22.8 Å². The highest BCUT2D eigenvalue weighted by Gasteiger charge is 2.25. The average Bonchev–Trinajstić information content (AvgIpc) is 3.16. The van der Waals surface area contributed by atoms with Crippen molar-refractivity contribution in [3.05, 3.63) is 90.9 Å². The molecule has 10 heteroatoms. The number of rotatable bonds is 4. The van der Waals surface area contributed by atoms with E-state index in [0.717, 1.165) is 34.4 Å². The third kappa shape index (κ3) is 3.94. The molecule has 4 rings (SSSR count). The summed E-state index contributed by atoms with van der Waals surface area (Å²) in [4.78, 5) is 33.1. The molecule has 158 valence electrons. The largest absolute Gasteiger partial charge is 0.319 e. The van der Waals surface area contributed by atoms with Crippen LogP contribution in [0.3, 0.4) is 0 Å². The van der Waals surface area contributed by atoms with E-state index in [2.05, 4.69) is 9.97 Å². The van der Waals surface area contributed by atoms with Crippen molar-refractivity contribution in [2.24, 2.45) is 0 Å². The second-order valence-corrected chi connectivity index (χ2v) is 7.99. The fraction of sp³-hybridized carbons (Fsp3) is 0.0952. The standard InChI is InChI=1S/C21H13ClF3N3O2S/c1-10-20(31-9-26-10)21(30)28(16-7-12(22)2-4-14(16)23)8-11-6-17(29)27-19-13(11)3-5-15(24)18(19)25/h2-7,9H,8H2,1H3,(H,27,29). The molecular weight excluding hydrogens is 451 g/mol. The molecule has 5 nitrogen and oxygen atoms in total. The van der Waals surface area contributed by atoms with Crippen LogP contribution in [-0.4, -0.2) is 15.9 Å². The first-order valence-electron chi connectivity index (χ1n) is 8.93. The molecular formula is C21H13ClF3N3O2S. The molecule has 0 bridgehead atoms. The van der Waals surface area contributed by atoms with Crippen molar-refractivity contribution in [2.75, 3.05) is 4.90 Å². The Morgan fingerprint density at radius 2 is 1.90 bits per heavy atom. The van der Waals surface area contributed by atoms with Gasteiger partial charge >= 0.3 is 0 Å². The number of hydrogen-bond acceptors (Lipinski definition) is 4. The summed E-state index contributed by atoms with van der Waals surface area (Å²) in [6.45, 7) is 1.34. The number of carbonyl (C=O) groups excluding carboxylic acids is 1. The number of anilines is 1. The number of fused-ring (bicyclic) bond motifs is 1. The third-order valence-electron chi connectivity index (χ3n) is 4.71. The van der Waals surface area contributed by atoms with Gasteiger partial charge in [0.2, 0.25) is 5.56 Å². The van der Waals surface area contributed by atoms with Gasteiger partial charge in [0.1, 0.15) is 10.7 Å². The molecule has 0 unspecified atom stereocenters. The average molecular weight is 464 g/mol. The number of aromatic nitrogens is 2. The quantitative estimate of drug-likeness (QED) is 0.452. The van der Waals surface area contributed by atoms with Gasteiger partial charge in [0.05, 0.1) is 29.0 Å². The Labute approximate surface area is 182 Å². The smallest absolute Gasteiger partial charge is 0.270 e. The van der Waals surface area contributed by atoms with Crippen LogP contribution in [0.15, 0.2) is 46.7 Å². The molecule has 0 spiro atoms.